The molecule has 5 nitrogen and oxygen atoms in total. The lowest BCUT2D eigenvalue weighted by atomic mass is 9.99. The van der Waals surface area contributed by atoms with Crippen molar-refractivity contribution in [3.63, 3.8) is 0 Å². The van der Waals surface area contributed by atoms with Crippen LogP contribution in [0, 0.1) is 13.8 Å². The topological polar surface area (TPSA) is 50.8 Å². The number of anilines is 1. The number of halogens is 2. The zero-order valence-corrected chi connectivity index (χ0v) is 16.5. The summed E-state index contributed by atoms with van der Waals surface area (Å²) in [6.45, 7) is 1.77. The third-order valence-electron chi connectivity index (χ3n) is 5.45. The number of amides is 1. The molecule has 2 atom stereocenters. The van der Waals surface area contributed by atoms with Gasteiger partial charge in [-0.15, -0.1) is 0 Å². The molecule has 1 saturated heterocycles. The first kappa shape index (κ1) is 19.6. The van der Waals surface area contributed by atoms with Crippen LogP contribution in [0.5, 0.6) is 5.75 Å². The number of alkyl halides is 2. The second-order valence-electron chi connectivity index (χ2n) is 7.55. The van der Waals surface area contributed by atoms with Crippen molar-refractivity contribution >= 4 is 11.6 Å². The minimum atomic E-state index is -2.88. The van der Waals surface area contributed by atoms with Crippen LogP contribution in [0.15, 0.2) is 36.4 Å². The normalized spacial score (nSPS) is 21.3. The highest BCUT2D eigenvalue weighted by molar-refractivity contribution is 6.01. The largest absolute Gasteiger partial charge is 0.434 e. The number of para-hydroxylation sites is 1. The minimum Gasteiger partial charge on any atom is -0.434 e. The van der Waals surface area contributed by atoms with Gasteiger partial charge in [-0.1, -0.05) is 12.1 Å². The second kappa shape index (κ2) is 7.99. The number of benzene rings is 2. The molecule has 2 aromatic rings. The first-order valence-electron chi connectivity index (χ1n) is 9.78. The summed E-state index contributed by atoms with van der Waals surface area (Å²) in [5.41, 5.74) is 3.40. The van der Waals surface area contributed by atoms with E-state index in [0.717, 1.165) is 24.1 Å². The fraction of sp³-hybridized carbons (Fsp3) is 0.409. The van der Waals surface area contributed by atoms with Crippen LogP contribution in [0.1, 0.15) is 46.1 Å². The van der Waals surface area contributed by atoms with Gasteiger partial charge in [0.15, 0.2) is 0 Å². The van der Waals surface area contributed by atoms with Gasteiger partial charge >= 0.3 is 6.61 Å². The zero-order valence-electron chi connectivity index (χ0n) is 16.5. The van der Waals surface area contributed by atoms with Crippen LogP contribution in [-0.4, -0.2) is 36.7 Å². The standard InChI is InChI=1S/C22H24F2N2O3/c1-13-10-15(11-14(2)19(13)29-22(23)24)20-25-18-8-4-3-7-17(18)21(27)26(20)12-16-6-5-9-28-16/h3-4,7-8,10-11,16,20,22,25H,5-6,9,12H2,1-2H3/t16-,20+/m1/s1. The number of aryl methyl sites for hydroxylation is 2. The maximum Gasteiger partial charge on any atom is 0.387 e. The molecule has 0 unspecified atom stereocenters. The highest BCUT2D eigenvalue weighted by Gasteiger charge is 2.35. The lowest BCUT2D eigenvalue weighted by Crippen LogP contribution is -2.46. The Morgan fingerprint density at radius 2 is 1.97 bits per heavy atom. The second-order valence-corrected chi connectivity index (χ2v) is 7.55. The van der Waals surface area contributed by atoms with Crippen molar-refractivity contribution in [2.75, 3.05) is 18.5 Å². The molecule has 0 bridgehead atoms. The van der Waals surface area contributed by atoms with E-state index in [1.165, 1.54) is 0 Å². The Labute approximate surface area is 168 Å². The van der Waals surface area contributed by atoms with E-state index < -0.39 is 12.8 Å². The molecule has 154 valence electrons. The monoisotopic (exact) mass is 402 g/mol. The van der Waals surface area contributed by atoms with E-state index >= 15 is 0 Å². The van der Waals surface area contributed by atoms with Gasteiger partial charge in [-0.25, -0.2) is 0 Å². The quantitative estimate of drug-likeness (QED) is 0.791. The Kier molecular flexibility index (Phi) is 5.41. The molecule has 2 aliphatic rings. The Morgan fingerprint density at radius 3 is 2.62 bits per heavy atom. The lowest BCUT2D eigenvalue weighted by molar-refractivity contribution is -0.0507. The van der Waals surface area contributed by atoms with E-state index in [4.69, 9.17) is 4.74 Å². The molecule has 7 heteroatoms. The third-order valence-corrected chi connectivity index (χ3v) is 5.45. The number of hydrogen-bond acceptors (Lipinski definition) is 4. The van der Waals surface area contributed by atoms with Crippen molar-refractivity contribution in [2.45, 2.75) is 45.6 Å². The molecule has 0 spiro atoms. The summed E-state index contributed by atoms with van der Waals surface area (Å²) < 4.78 is 35.9. The Balaban J connectivity index is 1.72. The van der Waals surface area contributed by atoms with Crippen LogP contribution in [0.2, 0.25) is 0 Å². The zero-order chi connectivity index (χ0) is 20.5. The fourth-order valence-electron chi connectivity index (χ4n) is 4.17. The van der Waals surface area contributed by atoms with Gasteiger partial charge in [0.2, 0.25) is 0 Å². The lowest BCUT2D eigenvalue weighted by Gasteiger charge is -2.39. The van der Waals surface area contributed by atoms with E-state index in [-0.39, 0.29) is 17.8 Å². The summed E-state index contributed by atoms with van der Waals surface area (Å²) in [4.78, 5) is 15.1. The molecule has 0 aliphatic carbocycles. The molecule has 4 rings (SSSR count). The van der Waals surface area contributed by atoms with Crippen LogP contribution in [0.4, 0.5) is 14.5 Å². The van der Waals surface area contributed by atoms with Crippen molar-refractivity contribution < 1.29 is 23.0 Å². The third kappa shape index (κ3) is 3.92. The molecule has 2 aliphatic heterocycles. The fourth-order valence-corrected chi connectivity index (χ4v) is 4.17. The SMILES string of the molecule is Cc1cc([C@H]2Nc3ccccc3C(=O)N2C[C@H]2CCCO2)cc(C)c1OC(F)F. The van der Waals surface area contributed by atoms with Crippen LogP contribution >= 0.6 is 0 Å². The molecule has 29 heavy (non-hydrogen) atoms. The smallest absolute Gasteiger partial charge is 0.387 e. The number of nitrogens with one attached hydrogen (secondary N) is 1. The van der Waals surface area contributed by atoms with E-state index in [0.29, 0.717) is 29.8 Å². The van der Waals surface area contributed by atoms with Gasteiger partial charge < -0.3 is 19.7 Å². The Hall–Kier alpha value is -2.67. The molecular formula is C22H24F2N2O3. The van der Waals surface area contributed by atoms with E-state index in [2.05, 4.69) is 10.1 Å². The summed E-state index contributed by atoms with van der Waals surface area (Å²) in [7, 11) is 0. The molecule has 2 aromatic carbocycles. The first-order chi connectivity index (χ1) is 13.9. The molecule has 1 amide bonds. The van der Waals surface area contributed by atoms with Crippen molar-refractivity contribution in [1.82, 2.24) is 4.90 Å². The molecular weight excluding hydrogens is 378 g/mol. The van der Waals surface area contributed by atoms with Gasteiger partial charge in [0, 0.05) is 18.8 Å². The number of carbonyl (C=O) groups excluding carboxylic acids is 1. The van der Waals surface area contributed by atoms with Gasteiger partial charge in [0.05, 0.1) is 11.7 Å². The average Bonchev–Trinajstić information content (AvgIpc) is 3.20. The van der Waals surface area contributed by atoms with Crippen molar-refractivity contribution in [3.8, 4) is 5.75 Å². The van der Waals surface area contributed by atoms with Crippen molar-refractivity contribution in [2.24, 2.45) is 0 Å². The number of nitrogens with zero attached hydrogens (tertiary/aromatic N) is 1. The summed E-state index contributed by atoms with van der Waals surface area (Å²) >= 11 is 0. The first-order valence-corrected chi connectivity index (χ1v) is 9.78. The predicted octanol–water partition coefficient (Wildman–Crippen LogP) is 4.65. The number of hydrogen-bond donors (Lipinski definition) is 1. The summed E-state index contributed by atoms with van der Waals surface area (Å²) in [5, 5.41) is 3.44. The maximum atomic E-state index is 13.3. The van der Waals surface area contributed by atoms with Crippen molar-refractivity contribution in [1.29, 1.82) is 0 Å². The molecule has 1 fully saturated rings. The highest BCUT2D eigenvalue weighted by Crippen LogP contribution is 2.37. The van der Waals surface area contributed by atoms with E-state index in [1.54, 1.807) is 36.9 Å². The van der Waals surface area contributed by atoms with Gasteiger partial charge in [-0.3, -0.25) is 4.79 Å². The van der Waals surface area contributed by atoms with E-state index in [1.807, 2.05) is 18.2 Å². The molecule has 0 saturated carbocycles. The van der Waals surface area contributed by atoms with Crippen LogP contribution in [0.25, 0.3) is 0 Å². The number of carbonyl (C=O) groups is 1. The van der Waals surface area contributed by atoms with Crippen LogP contribution in [0.3, 0.4) is 0 Å². The minimum absolute atomic E-state index is 0.00264. The van der Waals surface area contributed by atoms with Crippen molar-refractivity contribution in [3.05, 3.63) is 58.7 Å². The Morgan fingerprint density at radius 1 is 1.24 bits per heavy atom. The summed E-state index contributed by atoms with van der Waals surface area (Å²) in [6.07, 6.45) is 1.48. The van der Waals surface area contributed by atoms with Gasteiger partial charge in [-0.2, -0.15) is 8.78 Å². The van der Waals surface area contributed by atoms with Gasteiger partial charge in [0.1, 0.15) is 11.9 Å². The van der Waals surface area contributed by atoms with Gasteiger partial charge in [-0.05, 0) is 67.6 Å². The summed E-state index contributed by atoms with van der Waals surface area (Å²) in [5.74, 6) is 0.111. The maximum absolute atomic E-state index is 13.3. The molecule has 0 aromatic heterocycles. The molecule has 1 N–H and O–H groups in total. The number of rotatable bonds is 5. The van der Waals surface area contributed by atoms with Crippen LogP contribution in [-0.2, 0) is 4.74 Å². The number of fused-ring (bicyclic) bond motifs is 1. The predicted molar refractivity (Wildman–Crippen MR) is 105 cm³/mol. The van der Waals surface area contributed by atoms with E-state index in [9.17, 15) is 13.6 Å². The van der Waals surface area contributed by atoms with Gasteiger partial charge in [0.25, 0.3) is 5.91 Å². The van der Waals surface area contributed by atoms with Crippen LogP contribution < -0.4 is 10.1 Å². The summed E-state index contributed by atoms with van der Waals surface area (Å²) in [6, 6.07) is 11.0. The average molecular weight is 402 g/mol. The number of ether oxygens (including phenoxy) is 2. The molecule has 2 heterocycles. The highest BCUT2D eigenvalue weighted by atomic mass is 19.3. The molecule has 0 radical (unpaired) electrons. The Bertz CT molecular complexity index is 890.